The quantitative estimate of drug-likeness (QED) is 0.354. The lowest BCUT2D eigenvalue weighted by molar-refractivity contribution is -0.123. The molecule has 2 amide bonds. The maximum Gasteiger partial charge on any atom is 0.475 e. The van der Waals surface area contributed by atoms with Crippen molar-refractivity contribution in [3.8, 4) is 0 Å². The van der Waals surface area contributed by atoms with E-state index in [-0.39, 0.29) is 12.1 Å². The summed E-state index contributed by atoms with van der Waals surface area (Å²) < 4.78 is 0. The maximum absolute atomic E-state index is 13.1. The Morgan fingerprint density at radius 3 is 2.16 bits per heavy atom. The Hall–Kier alpha value is -3.56. The predicted octanol–water partition coefficient (Wildman–Crippen LogP) is 0.947. The summed E-state index contributed by atoms with van der Waals surface area (Å²) in [5, 5.41) is 25.0. The number of aryl methyl sites for hydroxylation is 1. The van der Waals surface area contributed by atoms with Crippen LogP contribution in [-0.4, -0.2) is 50.9 Å². The number of rotatable bonds is 10. The molecule has 0 radical (unpaired) electrons. The van der Waals surface area contributed by atoms with Crippen LogP contribution in [-0.2, 0) is 17.6 Å². The topological polar surface area (TPSA) is 124 Å². The minimum absolute atomic E-state index is 0.0844. The Morgan fingerprint density at radius 2 is 1.56 bits per heavy atom. The van der Waals surface area contributed by atoms with Gasteiger partial charge in [-0.2, -0.15) is 0 Å². The SMILES string of the molecule is O=C(N[C@@H](Cc1ccccc1)C(=O)N[C@@H](CCc1ccccc1)B(O)O)c1cnccn1. The van der Waals surface area contributed by atoms with Crippen molar-refractivity contribution in [2.24, 2.45) is 0 Å². The van der Waals surface area contributed by atoms with Crippen LogP contribution in [0, 0.1) is 0 Å². The van der Waals surface area contributed by atoms with Gasteiger partial charge >= 0.3 is 7.12 Å². The van der Waals surface area contributed by atoms with Crippen molar-refractivity contribution in [2.45, 2.75) is 31.2 Å². The Morgan fingerprint density at radius 1 is 0.906 bits per heavy atom. The minimum Gasteiger partial charge on any atom is -0.426 e. The van der Waals surface area contributed by atoms with Gasteiger partial charge in [0.15, 0.2) is 0 Å². The summed E-state index contributed by atoms with van der Waals surface area (Å²) in [4.78, 5) is 33.5. The zero-order valence-electron chi connectivity index (χ0n) is 17.5. The number of carbonyl (C=O) groups is 2. The molecule has 2 aromatic carbocycles. The number of nitrogens with zero attached hydrogens (tertiary/aromatic N) is 2. The Kier molecular flexibility index (Phi) is 8.48. The highest BCUT2D eigenvalue weighted by molar-refractivity contribution is 6.43. The van der Waals surface area contributed by atoms with E-state index in [1.54, 1.807) is 0 Å². The van der Waals surface area contributed by atoms with Gasteiger partial charge in [-0.25, -0.2) is 4.98 Å². The van der Waals surface area contributed by atoms with E-state index < -0.39 is 30.9 Å². The second-order valence-corrected chi connectivity index (χ2v) is 7.36. The van der Waals surface area contributed by atoms with Crippen molar-refractivity contribution in [3.05, 3.63) is 96.1 Å². The van der Waals surface area contributed by atoms with Crippen LogP contribution in [0.4, 0.5) is 0 Å². The molecule has 0 aliphatic carbocycles. The first-order chi connectivity index (χ1) is 15.5. The Labute approximate surface area is 186 Å². The van der Waals surface area contributed by atoms with E-state index in [1.807, 2.05) is 60.7 Å². The zero-order valence-corrected chi connectivity index (χ0v) is 17.5. The molecule has 0 bridgehead atoms. The molecule has 1 aromatic heterocycles. The molecular formula is C23H25BN4O4. The van der Waals surface area contributed by atoms with Crippen LogP contribution in [0.1, 0.15) is 28.0 Å². The summed E-state index contributed by atoms with van der Waals surface area (Å²) in [6, 6.07) is 17.9. The minimum atomic E-state index is -1.74. The van der Waals surface area contributed by atoms with Crippen molar-refractivity contribution in [3.63, 3.8) is 0 Å². The largest absolute Gasteiger partial charge is 0.475 e. The van der Waals surface area contributed by atoms with E-state index in [2.05, 4.69) is 20.6 Å². The van der Waals surface area contributed by atoms with Gasteiger partial charge in [0.25, 0.3) is 5.91 Å². The fraction of sp³-hybridized carbons (Fsp3) is 0.217. The average molecular weight is 432 g/mol. The molecule has 32 heavy (non-hydrogen) atoms. The third-order valence-corrected chi connectivity index (χ3v) is 4.97. The molecular weight excluding hydrogens is 407 g/mol. The van der Waals surface area contributed by atoms with Gasteiger partial charge in [0.2, 0.25) is 5.91 Å². The predicted molar refractivity (Wildman–Crippen MR) is 120 cm³/mol. The first kappa shape index (κ1) is 23.1. The summed E-state index contributed by atoms with van der Waals surface area (Å²) in [7, 11) is -1.74. The Balaban J connectivity index is 1.71. The second kappa shape index (κ2) is 11.7. The van der Waals surface area contributed by atoms with Crippen LogP contribution in [0.5, 0.6) is 0 Å². The van der Waals surface area contributed by atoms with Crippen LogP contribution < -0.4 is 10.6 Å². The number of carbonyl (C=O) groups excluding carboxylic acids is 2. The number of nitrogens with one attached hydrogen (secondary N) is 2. The highest BCUT2D eigenvalue weighted by Crippen LogP contribution is 2.08. The third-order valence-electron chi connectivity index (χ3n) is 4.97. The fourth-order valence-corrected chi connectivity index (χ4v) is 3.25. The summed E-state index contributed by atoms with van der Waals surface area (Å²) >= 11 is 0. The van der Waals surface area contributed by atoms with Gasteiger partial charge in [-0.05, 0) is 24.0 Å². The first-order valence-corrected chi connectivity index (χ1v) is 10.3. The molecule has 0 saturated carbocycles. The lowest BCUT2D eigenvalue weighted by Crippen LogP contribution is -2.54. The van der Waals surface area contributed by atoms with Gasteiger partial charge in [0.05, 0.1) is 12.1 Å². The normalized spacial score (nSPS) is 12.4. The molecule has 0 aliphatic rings. The van der Waals surface area contributed by atoms with Crippen LogP contribution in [0.15, 0.2) is 79.3 Å². The monoisotopic (exact) mass is 432 g/mol. The summed E-state index contributed by atoms with van der Waals surface area (Å²) in [6.07, 6.45) is 5.26. The van der Waals surface area contributed by atoms with Crippen LogP contribution in [0.25, 0.3) is 0 Å². The number of benzene rings is 2. The molecule has 0 spiro atoms. The molecule has 3 aromatic rings. The maximum atomic E-state index is 13.1. The molecule has 164 valence electrons. The lowest BCUT2D eigenvalue weighted by Gasteiger charge is -2.23. The molecule has 9 heteroatoms. The molecule has 0 fully saturated rings. The lowest BCUT2D eigenvalue weighted by atomic mass is 9.76. The van der Waals surface area contributed by atoms with Crippen molar-refractivity contribution in [1.29, 1.82) is 0 Å². The molecule has 3 rings (SSSR count). The molecule has 0 unspecified atom stereocenters. The van der Waals surface area contributed by atoms with Gasteiger partial charge in [-0.3, -0.25) is 14.6 Å². The van der Waals surface area contributed by atoms with Gasteiger partial charge in [-0.1, -0.05) is 60.7 Å². The number of aromatic nitrogens is 2. The second-order valence-electron chi connectivity index (χ2n) is 7.36. The summed E-state index contributed by atoms with van der Waals surface area (Å²) in [5.41, 5.74) is 1.95. The third kappa shape index (κ3) is 7.00. The zero-order chi connectivity index (χ0) is 22.8. The first-order valence-electron chi connectivity index (χ1n) is 10.3. The van der Waals surface area contributed by atoms with Crippen molar-refractivity contribution >= 4 is 18.9 Å². The summed E-state index contributed by atoms with van der Waals surface area (Å²) in [5.74, 6) is -1.95. The molecule has 0 aliphatic heterocycles. The molecule has 2 atom stereocenters. The molecule has 1 heterocycles. The standard InChI is InChI=1S/C23H25BN4O4/c29-22(28-21(24(31)32)12-11-17-7-3-1-4-8-17)19(15-18-9-5-2-6-10-18)27-23(30)20-16-25-13-14-26-20/h1-10,13-14,16,19,21,31-32H,11-12,15H2,(H,27,30)(H,28,29)/t19-,21-/m0/s1. The molecule has 8 nitrogen and oxygen atoms in total. The number of amides is 2. The summed E-state index contributed by atoms with van der Waals surface area (Å²) in [6.45, 7) is 0. The molecule has 0 saturated heterocycles. The number of hydrogen-bond donors (Lipinski definition) is 4. The van der Waals surface area contributed by atoms with E-state index in [0.717, 1.165) is 11.1 Å². The van der Waals surface area contributed by atoms with Gasteiger partial charge < -0.3 is 20.7 Å². The Bertz CT molecular complexity index is 991. The van der Waals surface area contributed by atoms with Gasteiger partial charge in [-0.15, -0.1) is 0 Å². The van der Waals surface area contributed by atoms with E-state index >= 15 is 0 Å². The van der Waals surface area contributed by atoms with Crippen LogP contribution >= 0.6 is 0 Å². The fourth-order valence-electron chi connectivity index (χ4n) is 3.25. The average Bonchev–Trinajstić information content (AvgIpc) is 2.82. The smallest absolute Gasteiger partial charge is 0.426 e. The van der Waals surface area contributed by atoms with Crippen LogP contribution in [0.3, 0.4) is 0 Å². The van der Waals surface area contributed by atoms with Crippen molar-refractivity contribution in [2.75, 3.05) is 0 Å². The number of hydrogen-bond acceptors (Lipinski definition) is 6. The van der Waals surface area contributed by atoms with Gasteiger partial charge in [0.1, 0.15) is 11.7 Å². The van der Waals surface area contributed by atoms with Crippen molar-refractivity contribution < 1.29 is 19.6 Å². The van der Waals surface area contributed by atoms with Crippen molar-refractivity contribution in [1.82, 2.24) is 20.6 Å². The highest BCUT2D eigenvalue weighted by Gasteiger charge is 2.29. The van der Waals surface area contributed by atoms with Gasteiger partial charge in [0, 0.05) is 18.8 Å². The van der Waals surface area contributed by atoms with E-state index in [1.165, 1.54) is 18.6 Å². The van der Waals surface area contributed by atoms with E-state index in [9.17, 15) is 19.6 Å². The van der Waals surface area contributed by atoms with E-state index in [4.69, 9.17) is 0 Å². The highest BCUT2D eigenvalue weighted by atomic mass is 16.4. The van der Waals surface area contributed by atoms with E-state index in [0.29, 0.717) is 12.8 Å². The van der Waals surface area contributed by atoms with Crippen LogP contribution in [0.2, 0.25) is 0 Å². The molecule has 4 N–H and O–H groups in total.